The van der Waals surface area contributed by atoms with Crippen LogP contribution in [0.15, 0.2) is 18.2 Å². The highest BCUT2D eigenvalue weighted by Crippen LogP contribution is 2.27. The summed E-state index contributed by atoms with van der Waals surface area (Å²) in [5.41, 5.74) is 0.0570. The molecule has 1 amide bonds. The van der Waals surface area contributed by atoms with Crippen LogP contribution in [0.5, 0.6) is 0 Å². The van der Waals surface area contributed by atoms with Gasteiger partial charge in [0.25, 0.3) is 11.6 Å². The Bertz CT molecular complexity index is 535. The third kappa shape index (κ3) is 3.08. The van der Waals surface area contributed by atoms with E-state index in [4.69, 9.17) is 11.6 Å². The first-order chi connectivity index (χ1) is 9.52. The molecule has 0 saturated heterocycles. The van der Waals surface area contributed by atoms with Crippen molar-refractivity contribution in [2.24, 2.45) is 5.92 Å². The highest BCUT2D eigenvalue weighted by Gasteiger charge is 2.28. The number of nitro groups is 1. The molecule has 0 aliphatic heterocycles. The van der Waals surface area contributed by atoms with Crippen LogP contribution in [-0.2, 0) is 0 Å². The quantitative estimate of drug-likeness (QED) is 0.658. The number of hydrogen-bond acceptors (Lipinski definition) is 4. The maximum Gasteiger partial charge on any atom is 0.270 e. The van der Waals surface area contributed by atoms with Crippen LogP contribution in [0.25, 0.3) is 0 Å². The second kappa shape index (κ2) is 6.19. The van der Waals surface area contributed by atoms with Gasteiger partial charge < -0.3 is 10.4 Å². The van der Waals surface area contributed by atoms with Gasteiger partial charge in [0.15, 0.2) is 0 Å². The number of aliphatic hydroxyl groups excluding tert-OH is 1. The molecule has 20 heavy (non-hydrogen) atoms. The zero-order valence-electron chi connectivity index (χ0n) is 10.7. The molecule has 1 aliphatic carbocycles. The van der Waals surface area contributed by atoms with Gasteiger partial charge in [0.1, 0.15) is 0 Å². The molecular formula is C13H15ClN2O4. The molecule has 7 heteroatoms. The highest BCUT2D eigenvalue weighted by atomic mass is 35.5. The van der Waals surface area contributed by atoms with Gasteiger partial charge in [0.05, 0.1) is 15.5 Å². The molecule has 108 valence electrons. The predicted octanol–water partition coefficient (Wildman–Crippen LogP) is 2.14. The smallest absolute Gasteiger partial charge is 0.270 e. The minimum atomic E-state index is -0.563. The SMILES string of the molecule is O=C(NC1CCCC1CO)c1ccc([N+](=O)[O-])cc1Cl. The summed E-state index contributed by atoms with van der Waals surface area (Å²) in [5, 5.41) is 22.7. The number of halogens is 1. The summed E-state index contributed by atoms with van der Waals surface area (Å²) in [4.78, 5) is 22.2. The number of nitrogens with zero attached hydrogens (tertiary/aromatic N) is 1. The lowest BCUT2D eigenvalue weighted by Crippen LogP contribution is -2.38. The van der Waals surface area contributed by atoms with Crippen molar-refractivity contribution in [3.05, 3.63) is 38.9 Å². The number of nitrogens with one attached hydrogen (secondary N) is 1. The number of non-ortho nitro benzene ring substituents is 1. The fourth-order valence-electron chi connectivity index (χ4n) is 2.49. The monoisotopic (exact) mass is 298 g/mol. The van der Waals surface area contributed by atoms with Gasteiger partial charge in [-0.3, -0.25) is 14.9 Å². The number of aliphatic hydroxyl groups is 1. The van der Waals surface area contributed by atoms with Crippen molar-refractivity contribution in [2.45, 2.75) is 25.3 Å². The predicted molar refractivity (Wildman–Crippen MR) is 73.8 cm³/mol. The van der Waals surface area contributed by atoms with Crippen LogP contribution in [0.2, 0.25) is 5.02 Å². The molecule has 0 aromatic heterocycles. The number of nitro benzene ring substituents is 1. The van der Waals surface area contributed by atoms with Gasteiger partial charge in [0.2, 0.25) is 0 Å². The van der Waals surface area contributed by atoms with Gasteiger partial charge in [-0.15, -0.1) is 0 Å². The zero-order valence-corrected chi connectivity index (χ0v) is 11.5. The van der Waals surface area contributed by atoms with Crippen molar-refractivity contribution >= 4 is 23.2 Å². The lowest BCUT2D eigenvalue weighted by molar-refractivity contribution is -0.384. The van der Waals surface area contributed by atoms with Crippen LogP contribution < -0.4 is 5.32 Å². The van der Waals surface area contributed by atoms with Gasteiger partial charge >= 0.3 is 0 Å². The van der Waals surface area contributed by atoms with E-state index in [9.17, 15) is 20.0 Å². The van der Waals surface area contributed by atoms with E-state index >= 15 is 0 Å². The molecule has 0 heterocycles. The Morgan fingerprint density at radius 1 is 1.50 bits per heavy atom. The molecule has 2 N–H and O–H groups in total. The van der Waals surface area contributed by atoms with E-state index in [1.165, 1.54) is 12.1 Å². The number of hydrogen-bond donors (Lipinski definition) is 2. The van der Waals surface area contributed by atoms with Gasteiger partial charge in [-0.2, -0.15) is 0 Å². The Labute approximate surface area is 120 Å². The van der Waals surface area contributed by atoms with Crippen LogP contribution in [-0.4, -0.2) is 28.6 Å². The van der Waals surface area contributed by atoms with E-state index in [1.807, 2.05) is 0 Å². The number of benzene rings is 1. The second-order valence-corrected chi connectivity index (χ2v) is 5.28. The molecule has 2 unspecified atom stereocenters. The highest BCUT2D eigenvalue weighted by molar-refractivity contribution is 6.34. The summed E-state index contributed by atoms with van der Waals surface area (Å²) < 4.78 is 0. The van der Waals surface area contributed by atoms with E-state index in [0.717, 1.165) is 25.3 Å². The summed E-state index contributed by atoms with van der Waals surface area (Å²) in [6.45, 7) is 0.0406. The maximum atomic E-state index is 12.1. The standard InChI is InChI=1S/C13H15ClN2O4/c14-11-6-9(16(19)20)4-5-10(11)13(18)15-12-3-1-2-8(12)7-17/h4-6,8,12,17H,1-3,7H2,(H,15,18). The van der Waals surface area contributed by atoms with Crippen LogP contribution in [0.3, 0.4) is 0 Å². The van der Waals surface area contributed by atoms with E-state index in [-0.39, 0.29) is 40.7 Å². The molecule has 1 saturated carbocycles. The third-order valence-corrected chi connectivity index (χ3v) is 3.93. The molecule has 1 aromatic rings. The van der Waals surface area contributed by atoms with Crippen molar-refractivity contribution in [3.63, 3.8) is 0 Å². The van der Waals surface area contributed by atoms with Gasteiger partial charge in [-0.1, -0.05) is 18.0 Å². The van der Waals surface area contributed by atoms with E-state index in [2.05, 4.69) is 5.32 Å². The van der Waals surface area contributed by atoms with Gasteiger partial charge in [-0.25, -0.2) is 0 Å². The van der Waals surface area contributed by atoms with Crippen molar-refractivity contribution in [1.29, 1.82) is 0 Å². The Kier molecular flexibility index (Phi) is 4.57. The normalized spacial score (nSPS) is 21.7. The van der Waals surface area contributed by atoms with E-state index in [1.54, 1.807) is 0 Å². The van der Waals surface area contributed by atoms with Gasteiger partial charge in [-0.05, 0) is 18.9 Å². The zero-order chi connectivity index (χ0) is 14.7. The minimum absolute atomic E-state index is 0.0406. The number of rotatable bonds is 4. The fourth-order valence-corrected chi connectivity index (χ4v) is 2.75. The first-order valence-corrected chi connectivity index (χ1v) is 6.76. The van der Waals surface area contributed by atoms with Crippen LogP contribution in [0, 0.1) is 16.0 Å². The third-order valence-electron chi connectivity index (χ3n) is 3.62. The Hall–Kier alpha value is -1.66. The Balaban J connectivity index is 2.11. The van der Waals surface area contributed by atoms with Crippen molar-refractivity contribution in [1.82, 2.24) is 5.32 Å². The number of amides is 1. The van der Waals surface area contributed by atoms with E-state index < -0.39 is 4.92 Å². The molecule has 0 bridgehead atoms. The summed E-state index contributed by atoms with van der Waals surface area (Å²) in [7, 11) is 0. The van der Waals surface area contributed by atoms with Gasteiger partial charge in [0, 0.05) is 30.7 Å². The molecule has 2 rings (SSSR count). The molecule has 1 fully saturated rings. The summed E-state index contributed by atoms with van der Waals surface area (Å²) in [6, 6.07) is 3.69. The van der Waals surface area contributed by atoms with Crippen LogP contribution in [0.1, 0.15) is 29.6 Å². The van der Waals surface area contributed by atoms with Crippen LogP contribution >= 0.6 is 11.6 Å². The first-order valence-electron chi connectivity index (χ1n) is 6.38. The summed E-state index contributed by atoms with van der Waals surface area (Å²) in [5.74, 6) is -0.300. The molecule has 6 nitrogen and oxygen atoms in total. The molecule has 0 spiro atoms. The average Bonchev–Trinajstić information content (AvgIpc) is 2.85. The van der Waals surface area contributed by atoms with Crippen molar-refractivity contribution in [2.75, 3.05) is 6.61 Å². The topological polar surface area (TPSA) is 92.5 Å². The summed E-state index contributed by atoms with van der Waals surface area (Å²) in [6.07, 6.45) is 2.67. The Morgan fingerprint density at radius 3 is 2.85 bits per heavy atom. The summed E-state index contributed by atoms with van der Waals surface area (Å²) >= 11 is 5.91. The van der Waals surface area contributed by atoms with E-state index in [0.29, 0.717) is 0 Å². The minimum Gasteiger partial charge on any atom is -0.396 e. The van der Waals surface area contributed by atoms with Crippen LogP contribution in [0.4, 0.5) is 5.69 Å². The average molecular weight is 299 g/mol. The second-order valence-electron chi connectivity index (χ2n) is 4.87. The molecule has 0 radical (unpaired) electrons. The molecule has 1 aromatic carbocycles. The molecular weight excluding hydrogens is 284 g/mol. The molecule has 1 aliphatic rings. The van der Waals surface area contributed by atoms with Crippen molar-refractivity contribution in [3.8, 4) is 0 Å². The largest absolute Gasteiger partial charge is 0.396 e. The molecule has 2 atom stereocenters. The fraction of sp³-hybridized carbons (Fsp3) is 0.462. The van der Waals surface area contributed by atoms with Crippen molar-refractivity contribution < 1.29 is 14.8 Å². The number of carbonyl (C=O) groups is 1. The number of carbonyl (C=O) groups excluding carboxylic acids is 1. The maximum absolute atomic E-state index is 12.1. The Morgan fingerprint density at radius 2 is 2.25 bits per heavy atom. The lowest BCUT2D eigenvalue weighted by Gasteiger charge is -2.19. The lowest BCUT2D eigenvalue weighted by atomic mass is 10.0. The first kappa shape index (κ1) is 14.7.